The Morgan fingerprint density at radius 3 is 2.67 bits per heavy atom. The Balaban J connectivity index is 1.15. The normalized spacial score (nSPS) is 42.0. The Labute approximate surface area is 193 Å². The van der Waals surface area contributed by atoms with E-state index < -0.39 is 23.7 Å². The second kappa shape index (κ2) is 6.51. The number of benzene rings is 1. The summed E-state index contributed by atoms with van der Waals surface area (Å²) in [5.74, 6) is 1.51. The van der Waals surface area contributed by atoms with Gasteiger partial charge in [-0.05, 0) is 98.0 Å². The molecule has 1 saturated heterocycles. The van der Waals surface area contributed by atoms with Crippen LogP contribution in [0.15, 0.2) is 12.1 Å². The van der Waals surface area contributed by atoms with Crippen molar-refractivity contribution in [2.45, 2.75) is 70.3 Å². The van der Waals surface area contributed by atoms with Gasteiger partial charge in [-0.2, -0.15) is 0 Å². The summed E-state index contributed by atoms with van der Waals surface area (Å²) in [6.07, 6.45) is 9.18. The van der Waals surface area contributed by atoms with Crippen LogP contribution in [0.25, 0.3) is 0 Å². The van der Waals surface area contributed by atoms with E-state index in [4.69, 9.17) is 4.74 Å². The molecule has 1 aliphatic heterocycles. The summed E-state index contributed by atoms with van der Waals surface area (Å²) in [4.78, 5) is 26.2. The van der Waals surface area contributed by atoms with Crippen LogP contribution >= 0.6 is 0 Å². The second-order valence-corrected chi connectivity index (χ2v) is 12.2. The highest BCUT2D eigenvalue weighted by molar-refractivity contribution is 5.97. The summed E-state index contributed by atoms with van der Waals surface area (Å²) < 4.78 is 21.7. The summed E-state index contributed by atoms with van der Waals surface area (Å²) in [7, 11) is 0. The largest absolute Gasteiger partial charge is 0.493 e. The molecular formula is C27H32FNO4. The standard InChI is InChI=1S/C27H32FNO4/c1-14-4-22(25(31)32)29(12-14)24(30)20-7-19(16-2-3-16)23(8-21(20)28)33-13-26-9-15-5-17-6-18(11-26)27(17,26)10-15/h7-8,14-18,22H,2-6,9-13H2,1H3,(H,31,32). The second-order valence-electron chi connectivity index (χ2n) is 12.2. The molecule has 6 heteroatoms. The molecule has 1 amide bonds. The number of amides is 1. The van der Waals surface area contributed by atoms with Crippen LogP contribution in [0, 0.1) is 40.3 Å². The van der Waals surface area contributed by atoms with Crippen molar-refractivity contribution >= 4 is 11.9 Å². The van der Waals surface area contributed by atoms with Gasteiger partial charge in [-0.1, -0.05) is 6.92 Å². The average Bonchev–Trinajstić information content (AvgIpc) is 3.33. The van der Waals surface area contributed by atoms with Crippen molar-refractivity contribution in [1.29, 1.82) is 0 Å². The number of carbonyl (C=O) groups is 2. The van der Waals surface area contributed by atoms with Gasteiger partial charge in [0.25, 0.3) is 5.91 Å². The molecule has 1 spiro atoms. The first-order valence-corrected chi connectivity index (χ1v) is 12.8. The first kappa shape index (κ1) is 20.3. The van der Waals surface area contributed by atoms with E-state index >= 15 is 4.39 Å². The third kappa shape index (κ3) is 2.58. The van der Waals surface area contributed by atoms with Crippen molar-refractivity contribution in [2.24, 2.45) is 34.5 Å². The summed E-state index contributed by atoms with van der Waals surface area (Å²) in [5, 5.41) is 9.55. The van der Waals surface area contributed by atoms with Gasteiger partial charge in [0, 0.05) is 18.0 Å². The number of aliphatic carboxylic acids is 1. The number of nitrogens with zero attached hydrogens (tertiary/aromatic N) is 1. The molecule has 1 aromatic carbocycles. The van der Waals surface area contributed by atoms with Gasteiger partial charge in [0.2, 0.25) is 0 Å². The predicted octanol–water partition coefficient (Wildman–Crippen LogP) is 4.84. The van der Waals surface area contributed by atoms with E-state index in [0.29, 0.717) is 36.7 Å². The molecule has 176 valence electrons. The van der Waals surface area contributed by atoms with Gasteiger partial charge < -0.3 is 14.7 Å². The zero-order chi connectivity index (χ0) is 22.7. The van der Waals surface area contributed by atoms with Crippen molar-refractivity contribution in [1.82, 2.24) is 4.90 Å². The number of carboxylic acids is 1. The zero-order valence-corrected chi connectivity index (χ0v) is 19.2. The van der Waals surface area contributed by atoms with Crippen LogP contribution in [0.1, 0.15) is 80.1 Å². The summed E-state index contributed by atoms with van der Waals surface area (Å²) >= 11 is 0. The minimum atomic E-state index is -1.02. The smallest absolute Gasteiger partial charge is 0.326 e. The third-order valence-electron chi connectivity index (χ3n) is 10.5. The average molecular weight is 454 g/mol. The van der Waals surface area contributed by atoms with E-state index in [1.165, 1.54) is 43.1 Å². The number of likely N-dealkylation sites (tertiary alicyclic amines) is 1. The number of rotatable bonds is 6. The van der Waals surface area contributed by atoms with Crippen molar-refractivity contribution < 1.29 is 23.8 Å². The van der Waals surface area contributed by atoms with E-state index in [1.54, 1.807) is 6.07 Å². The van der Waals surface area contributed by atoms with Crippen molar-refractivity contribution in [3.8, 4) is 5.75 Å². The molecule has 7 atom stereocenters. The molecule has 0 aromatic heterocycles. The quantitative estimate of drug-likeness (QED) is 0.669. The van der Waals surface area contributed by atoms with Gasteiger partial charge >= 0.3 is 5.97 Å². The Hall–Kier alpha value is -2.11. The number of halogens is 1. The van der Waals surface area contributed by atoms with E-state index in [9.17, 15) is 14.7 Å². The van der Waals surface area contributed by atoms with Gasteiger partial charge in [-0.3, -0.25) is 4.79 Å². The van der Waals surface area contributed by atoms with Gasteiger partial charge in [-0.25, -0.2) is 9.18 Å². The molecule has 7 rings (SSSR count). The van der Waals surface area contributed by atoms with Gasteiger partial charge in [0.15, 0.2) is 0 Å². The molecule has 6 fully saturated rings. The molecule has 5 saturated carbocycles. The van der Waals surface area contributed by atoms with Crippen molar-refractivity contribution in [3.63, 3.8) is 0 Å². The Bertz CT molecular complexity index is 1070. The lowest BCUT2D eigenvalue weighted by Gasteiger charge is -2.72. The lowest BCUT2D eigenvalue weighted by Crippen LogP contribution is -2.68. The highest BCUT2D eigenvalue weighted by atomic mass is 19.1. The first-order valence-electron chi connectivity index (χ1n) is 12.8. The maximum Gasteiger partial charge on any atom is 0.326 e. The molecule has 1 N–H and O–H groups in total. The Morgan fingerprint density at radius 2 is 1.97 bits per heavy atom. The fourth-order valence-corrected chi connectivity index (χ4v) is 9.10. The monoisotopic (exact) mass is 453 g/mol. The van der Waals surface area contributed by atoms with Gasteiger partial charge in [0.05, 0.1) is 12.2 Å². The SMILES string of the molecule is CC1CC(C(=O)O)N(C(=O)c2cc(C3CC3)c(OCC34CC5CC6CC(C3)C64C5)cc2F)C1. The fraction of sp³-hybridized carbons (Fsp3) is 0.704. The Kier molecular flexibility index (Phi) is 4.00. The lowest BCUT2D eigenvalue weighted by molar-refractivity contribution is -0.254. The van der Waals surface area contributed by atoms with Crippen LogP contribution in [0.4, 0.5) is 4.39 Å². The number of carbonyl (C=O) groups excluding carboxylic acids is 1. The van der Waals surface area contributed by atoms with Crippen LogP contribution < -0.4 is 4.74 Å². The van der Waals surface area contributed by atoms with Crippen LogP contribution in [-0.4, -0.2) is 41.1 Å². The van der Waals surface area contributed by atoms with Crippen LogP contribution in [0.2, 0.25) is 0 Å². The predicted molar refractivity (Wildman–Crippen MR) is 119 cm³/mol. The van der Waals surface area contributed by atoms with Crippen LogP contribution in [-0.2, 0) is 4.79 Å². The topological polar surface area (TPSA) is 66.8 Å². The number of ether oxygens (including phenoxy) is 1. The number of fused-ring (bicyclic) bond motifs is 1. The summed E-state index contributed by atoms with van der Waals surface area (Å²) in [5.41, 5.74) is 1.72. The molecule has 0 radical (unpaired) electrons. The molecule has 7 unspecified atom stereocenters. The molecule has 6 aliphatic rings. The zero-order valence-electron chi connectivity index (χ0n) is 19.2. The molecule has 2 bridgehead atoms. The minimum absolute atomic E-state index is 0.0101. The Morgan fingerprint density at radius 1 is 1.15 bits per heavy atom. The molecule has 5 nitrogen and oxygen atoms in total. The van der Waals surface area contributed by atoms with Crippen molar-refractivity contribution in [2.75, 3.05) is 13.2 Å². The molecule has 5 aliphatic carbocycles. The molecule has 1 heterocycles. The molecular weight excluding hydrogens is 421 g/mol. The van der Waals surface area contributed by atoms with Crippen molar-refractivity contribution in [3.05, 3.63) is 29.1 Å². The van der Waals surface area contributed by atoms with E-state index in [1.807, 2.05) is 6.92 Å². The highest BCUT2D eigenvalue weighted by Gasteiger charge is 2.80. The van der Waals surface area contributed by atoms with Gasteiger partial charge in [-0.15, -0.1) is 0 Å². The van der Waals surface area contributed by atoms with Crippen LogP contribution in [0.5, 0.6) is 5.75 Å². The number of carboxylic acid groups (broad SMARTS) is 1. The third-order valence-corrected chi connectivity index (χ3v) is 10.5. The lowest BCUT2D eigenvalue weighted by atomic mass is 9.32. The first-order chi connectivity index (χ1) is 15.8. The molecule has 33 heavy (non-hydrogen) atoms. The number of hydrogen-bond donors (Lipinski definition) is 1. The minimum Gasteiger partial charge on any atom is -0.493 e. The highest BCUT2D eigenvalue weighted by Crippen LogP contribution is 2.86. The maximum atomic E-state index is 15.3. The van der Waals surface area contributed by atoms with E-state index in [0.717, 1.165) is 36.2 Å². The molecule has 1 aromatic rings. The summed E-state index contributed by atoms with van der Waals surface area (Å²) in [6, 6.07) is 2.19. The van der Waals surface area contributed by atoms with E-state index in [-0.39, 0.29) is 16.9 Å². The van der Waals surface area contributed by atoms with E-state index in [2.05, 4.69) is 0 Å². The summed E-state index contributed by atoms with van der Waals surface area (Å²) in [6.45, 7) is 2.95. The van der Waals surface area contributed by atoms with Crippen LogP contribution in [0.3, 0.4) is 0 Å². The maximum absolute atomic E-state index is 15.3. The van der Waals surface area contributed by atoms with Gasteiger partial charge in [0.1, 0.15) is 17.6 Å². The fourth-order valence-electron chi connectivity index (χ4n) is 9.10. The number of hydrogen-bond acceptors (Lipinski definition) is 3.